The number of rotatable bonds is 3. The van der Waals surface area contributed by atoms with Crippen molar-refractivity contribution in [3.8, 4) is 0 Å². The molecule has 2 fully saturated rings. The first-order chi connectivity index (χ1) is 8.70. The van der Waals surface area contributed by atoms with E-state index in [-0.39, 0.29) is 24.1 Å². The van der Waals surface area contributed by atoms with Gasteiger partial charge in [-0.1, -0.05) is 0 Å². The first kappa shape index (κ1) is 11.9. The van der Waals surface area contributed by atoms with Crippen molar-refractivity contribution in [2.45, 2.75) is 25.0 Å². The summed E-state index contributed by atoms with van der Waals surface area (Å²) in [5.41, 5.74) is 0.953. The summed E-state index contributed by atoms with van der Waals surface area (Å²) in [5, 5.41) is 9.70. The van der Waals surface area contributed by atoms with Crippen LogP contribution in [0.4, 0.5) is 10.1 Å². The first-order valence-corrected chi connectivity index (χ1v) is 6.09. The number of fused-ring (bicyclic) bond motifs is 1. The Morgan fingerprint density at radius 2 is 2.17 bits per heavy atom. The van der Waals surface area contributed by atoms with E-state index in [1.54, 1.807) is 12.1 Å². The molecule has 0 radical (unpaired) electrons. The summed E-state index contributed by atoms with van der Waals surface area (Å²) in [7, 11) is 1.49. The van der Waals surface area contributed by atoms with Gasteiger partial charge in [-0.25, -0.2) is 4.39 Å². The third kappa shape index (κ3) is 1.98. The maximum atomic E-state index is 12.9. The molecule has 1 aromatic carbocycles. The standard InChI is InChI=1S/C13H16FNO3/c1-17-13(16)10-6-7-15(12-11(10)18-12)9-4-2-8(14)3-5-9/h2-5,10-13,16H,6-7H2,1H3. The van der Waals surface area contributed by atoms with E-state index in [9.17, 15) is 9.50 Å². The number of halogens is 1. The molecule has 3 rings (SSSR count). The molecule has 5 heteroatoms. The highest BCUT2D eigenvalue weighted by molar-refractivity contribution is 5.48. The maximum Gasteiger partial charge on any atom is 0.159 e. The van der Waals surface area contributed by atoms with Crippen LogP contribution < -0.4 is 4.90 Å². The van der Waals surface area contributed by atoms with E-state index < -0.39 is 6.29 Å². The summed E-state index contributed by atoms with van der Waals surface area (Å²) in [6.07, 6.45) is 0.0289. The fraction of sp³-hybridized carbons (Fsp3) is 0.538. The summed E-state index contributed by atoms with van der Waals surface area (Å²) in [5.74, 6) is -0.214. The van der Waals surface area contributed by atoms with Gasteiger partial charge in [0.05, 0.1) is 0 Å². The molecular weight excluding hydrogens is 237 g/mol. The van der Waals surface area contributed by atoms with Gasteiger partial charge in [0.15, 0.2) is 12.5 Å². The number of hydrogen-bond acceptors (Lipinski definition) is 4. The van der Waals surface area contributed by atoms with E-state index in [4.69, 9.17) is 9.47 Å². The second-order valence-corrected chi connectivity index (χ2v) is 4.74. The zero-order valence-electron chi connectivity index (χ0n) is 10.1. The Morgan fingerprint density at radius 1 is 1.44 bits per heavy atom. The lowest BCUT2D eigenvalue weighted by Crippen LogP contribution is -2.41. The molecule has 18 heavy (non-hydrogen) atoms. The number of anilines is 1. The minimum Gasteiger partial charge on any atom is -0.368 e. The lowest BCUT2D eigenvalue weighted by atomic mass is 9.95. The zero-order chi connectivity index (χ0) is 12.7. The summed E-state index contributed by atoms with van der Waals surface area (Å²) in [6.45, 7) is 0.776. The van der Waals surface area contributed by atoms with Crippen molar-refractivity contribution in [2.24, 2.45) is 5.92 Å². The van der Waals surface area contributed by atoms with E-state index in [1.807, 2.05) is 0 Å². The maximum absolute atomic E-state index is 12.9. The van der Waals surface area contributed by atoms with Gasteiger partial charge in [-0.15, -0.1) is 0 Å². The second kappa shape index (κ2) is 4.50. The molecule has 4 unspecified atom stereocenters. The van der Waals surface area contributed by atoms with Gasteiger partial charge in [0.1, 0.15) is 11.9 Å². The van der Waals surface area contributed by atoms with Crippen LogP contribution in [-0.2, 0) is 9.47 Å². The molecule has 4 nitrogen and oxygen atoms in total. The minimum absolute atomic E-state index is 0.0127. The number of methoxy groups -OCH3 is 1. The molecule has 0 bridgehead atoms. The number of aliphatic hydroxyl groups excluding tert-OH is 1. The van der Waals surface area contributed by atoms with Crippen LogP contribution in [0.1, 0.15) is 6.42 Å². The molecule has 0 spiro atoms. The quantitative estimate of drug-likeness (QED) is 0.652. The Kier molecular flexibility index (Phi) is 2.97. The first-order valence-electron chi connectivity index (χ1n) is 6.09. The lowest BCUT2D eigenvalue weighted by Gasteiger charge is -2.31. The average molecular weight is 253 g/mol. The van der Waals surface area contributed by atoms with Crippen LogP contribution in [0, 0.1) is 11.7 Å². The van der Waals surface area contributed by atoms with Crippen molar-refractivity contribution in [1.82, 2.24) is 0 Å². The summed E-state index contributed by atoms with van der Waals surface area (Å²) in [6, 6.07) is 6.40. The Balaban J connectivity index is 1.71. The van der Waals surface area contributed by atoms with Crippen molar-refractivity contribution in [2.75, 3.05) is 18.6 Å². The third-order valence-electron chi connectivity index (χ3n) is 3.70. The van der Waals surface area contributed by atoms with Crippen LogP contribution in [0.5, 0.6) is 0 Å². The molecule has 0 aromatic heterocycles. The Bertz CT molecular complexity index is 425. The number of piperidine rings is 1. The summed E-state index contributed by atoms with van der Waals surface area (Å²) < 4.78 is 23.4. The molecule has 1 N–H and O–H groups in total. The average Bonchev–Trinajstić information content (AvgIpc) is 3.18. The van der Waals surface area contributed by atoms with Crippen LogP contribution in [0.2, 0.25) is 0 Å². The van der Waals surface area contributed by atoms with Crippen molar-refractivity contribution < 1.29 is 19.0 Å². The van der Waals surface area contributed by atoms with Gasteiger partial charge in [-0.2, -0.15) is 0 Å². The molecule has 2 saturated heterocycles. The van der Waals surface area contributed by atoms with Crippen molar-refractivity contribution >= 4 is 5.69 Å². The minimum atomic E-state index is -0.768. The highest BCUT2D eigenvalue weighted by Crippen LogP contribution is 2.42. The normalized spacial score (nSPS) is 31.9. The van der Waals surface area contributed by atoms with Gasteiger partial charge in [0, 0.05) is 25.3 Å². The third-order valence-corrected chi connectivity index (χ3v) is 3.70. The van der Waals surface area contributed by atoms with Crippen LogP contribution in [-0.4, -0.2) is 37.4 Å². The molecule has 2 aliphatic heterocycles. The lowest BCUT2D eigenvalue weighted by molar-refractivity contribution is -0.120. The molecule has 2 heterocycles. The van der Waals surface area contributed by atoms with E-state index in [2.05, 4.69) is 4.90 Å². The molecule has 1 aromatic rings. The van der Waals surface area contributed by atoms with Gasteiger partial charge in [0.2, 0.25) is 0 Å². The Hall–Kier alpha value is -1.17. The number of hydrogen-bond donors (Lipinski definition) is 1. The van der Waals surface area contributed by atoms with Crippen LogP contribution in [0.3, 0.4) is 0 Å². The number of aliphatic hydroxyl groups is 1. The summed E-state index contributed by atoms with van der Waals surface area (Å²) >= 11 is 0. The van der Waals surface area contributed by atoms with E-state index in [1.165, 1.54) is 19.2 Å². The molecule has 0 aliphatic carbocycles. The predicted molar refractivity (Wildman–Crippen MR) is 63.5 cm³/mol. The highest BCUT2D eigenvalue weighted by Gasteiger charge is 2.54. The van der Waals surface area contributed by atoms with Crippen molar-refractivity contribution in [1.29, 1.82) is 0 Å². The predicted octanol–water partition coefficient (Wildman–Crippen LogP) is 1.34. The van der Waals surface area contributed by atoms with Crippen LogP contribution >= 0.6 is 0 Å². The molecular formula is C13H16FNO3. The zero-order valence-corrected chi connectivity index (χ0v) is 10.1. The van der Waals surface area contributed by atoms with Crippen LogP contribution in [0.25, 0.3) is 0 Å². The molecule has 0 amide bonds. The van der Waals surface area contributed by atoms with Crippen LogP contribution in [0.15, 0.2) is 24.3 Å². The largest absolute Gasteiger partial charge is 0.368 e. The summed E-state index contributed by atoms with van der Waals surface area (Å²) in [4.78, 5) is 2.10. The Morgan fingerprint density at radius 3 is 2.83 bits per heavy atom. The molecule has 4 atom stereocenters. The highest BCUT2D eigenvalue weighted by atomic mass is 19.1. The number of epoxide rings is 1. The van der Waals surface area contributed by atoms with Crippen molar-refractivity contribution in [3.05, 3.63) is 30.1 Å². The van der Waals surface area contributed by atoms with Gasteiger partial charge >= 0.3 is 0 Å². The van der Waals surface area contributed by atoms with Gasteiger partial charge in [-0.05, 0) is 30.7 Å². The SMILES string of the molecule is COC(O)C1CCN(c2ccc(F)cc2)C2OC12. The van der Waals surface area contributed by atoms with Gasteiger partial charge in [-0.3, -0.25) is 0 Å². The smallest absolute Gasteiger partial charge is 0.159 e. The molecule has 2 aliphatic rings. The monoisotopic (exact) mass is 253 g/mol. The molecule has 0 saturated carbocycles. The van der Waals surface area contributed by atoms with Crippen molar-refractivity contribution in [3.63, 3.8) is 0 Å². The number of benzene rings is 1. The fourth-order valence-electron chi connectivity index (χ4n) is 2.65. The van der Waals surface area contributed by atoms with E-state index in [0.717, 1.165) is 18.7 Å². The van der Waals surface area contributed by atoms with E-state index in [0.29, 0.717) is 0 Å². The Labute approximate surface area is 105 Å². The molecule has 98 valence electrons. The van der Waals surface area contributed by atoms with Gasteiger partial charge in [0.25, 0.3) is 0 Å². The van der Waals surface area contributed by atoms with E-state index >= 15 is 0 Å². The number of nitrogens with zero attached hydrogens (tertiary/aromatic N) is 1. The topological polar surface area (TPSA) is 45.2 Å². The second-order valence-electron chi connectivity index (χ2n) is 4.74. The van der Waals surface area contributed by atoms with Gasteiger partial charge < -0.3 is 19.5 Å². The fourth-order valence-corrected chi connectivity index (χ4v) is 2.65. The number of ether oxygens (including phenoxy) is 2.